The minimum absolute atomic E-state index is 0.0114. The number of likely N-dealkylation sites (tertiary alicyclic amines) is 1. The molecule has 2 aromatic carbocycles. The summed E-state index contributed by atoms with van der Waals surface area (Å²) in [6.45, 7) is 7.12. The Morgan fingerprint density at radius 3 is 2.45 bits per heavy atom. The Balaban J connectivity index is 1.80. The van der Waals surface area contributed by atoms with Crippen molar-refractivity contribution in [3.8, 4) is 17.2 Å². The SMILES string of the molecule is CCOc1cc(C2/C(=C(\O)c3ccc(OC)cc3)C(=O)C(=O)N2Cc2ccco2)ccc1OCCC(C)C. The largest absolute Gasteiger partial charge is 0.507 e. The number of rotatable bonds is 11. The van der Waals surface area contributed by atoms with Crippen molar-refractivity contribution < 1.29 is 33.3 Å². The maximum Gasteiger partial charge on any atom is 0.296 e. The first-order valence-corrected chi connectivity index (χ1v) is 12.7. The third-order valence-corrected chi connectivity index (χ3v) is 6.35. The Bertz CT molecular complexity index is 1290. The van der Waals surface area contributed by atoms with Crippen LogP contribution in [-0.4, -0.2) is 42.0 Å². The van der Waals surface area contributed by atoms with Crippen LogP contribution < -0.4 is 14.2 Å². The summed E-state index contributed by atoms with van der Waals surface area (Å²) in [6.07, 6.45) is 2.40. The van der Waals surface area contributed by atoms with Gasteiger partial charge in [-0.05, 0) is 73.4 Å². The van der Waals surface area contributed by atoms with Gasteiger partial charge in [0.05, 0.1) is 44.7 Å². The summed E-state index contributed by atoms with van der Waals surface area (Å²) in [7, 11) is 1.54. The van der Waals surface area contributed by atoms with Crippen LogP contribution in [0.3, 0.4) is 0 Å². The monoisotopic (exact) mass is 519 g/mol. The number of methoxy groups -OCH3 is 1. The minimum atomic E-state index is -0.869. The molecule has 1 aliphatic rings. The van der Waals surface area contributed by atoms with E-state index in [1.54, 1.807) is 61.7 Å². The highest BCUT2D eigenvalue weighted by Crippen LogP contribution is 2.43. The molecular weight excluding hydrogens is 486 g/mol. The second-order valence-corrected chi connectivity index (χ2v) is 9.41. The molecule has 1 atom stereocenters. The molecule has 0 aliphatic carbocycles. The predicted molar refractivity (Wildman–Crippen MR) is 142 cm³/mol. The second kappa shape index (κ2) is 11.9. The number of carbonyl (C=O) groups excluding carboxylic acids is 2. The summed E-state index contributed by atoms with van der Waals surface area (Å²) in [5.41, 5.74) is 0.985. The van der Waals surface area contributed by atoms with E-state index in [4.69, 9.17) is 18.6 Å². The fraction of sp³-hybridized carbons (Fsp3) is 0.333. The Hall–Kier alpha value is -4.20. The molecule has 1 unspecified atom stereocenters. The average Bonchev–Trinajstić information content (AvgIpc) is 3.51. The third-order valence-electron chi connectivity index (χ3n) is 6.35. The van der Waals surface area contributed by atoms with Gasteiger partial charge in [0.15, 0.2) is 11.5 Å². The van der Waals surface area contributed by atoms with E-state index in [0.29, 0.717) is 53.3 Å². The van der Waals surface area contributed by atoms with Crippen molar-refractivity contribution in [1.29, 1.82) is 0 Å². The van der Waals surface area contributed by atoms with E-state index in [9.17, 15) is 14.7 Å². The number of aliphatic hydroxyl groups excluding tert-OH is 1. The number of nitrogens with zero attached hydrogens (tertiary/aromatic N) is 1. The Morgan fingerprint density at radius 2 is 1.82 bits per heavy atom. The van der Waals surface area contributed by atoms with E-state index < -0.39 is 17.7 Å². The molecule has 1 aliphatic heterocycles. The normalized spacial score (nSPS) is 16.8. The lowest BCUT2D eigenvalue weighted by atomic mass is 9.95. The average molecular weight is 520 g/mol. The smallest absolute Gasteiger partial charge is 0.296 e. The summed E-state index contributed by atoms with van der Waals surface area (Å²) in [5.74, 6) is 0.918. The lowest BCUT2D eigenvalue weighted by molar-refractivity contribution is -0.140. The number of ether oxygens (including phenoxy) is 3. The first kappa shape index (κ1) is 26.9. The number of carbonyl (C=O) groups is 2. The zero-order valence-electron chi connectivity index (χ0n) is 22.1. The number of Topliss-reactive ketones (excluding diaryl/α,β-unsaturated/α-hetero) is 1. The summed E-state index contributed by atoms with van der Waals surface area (Å²) in [6, 6.07) is 14.6. The number of ketones is 1. The van der Waals surface area contributed by atoms with E-state index in [1.165, 1.54) is 11.2 Å². The van der Waals surface area contributed by atoms with Crippen molar-refractivity contribution in [3.63, 3.8) is 0 Å². The topological polar surface area (TPSA) is 98.4 Å². The Kier molecular flexibility index (Phi) is 8.41. The lowest BCUT2D eigenvalue weighted by Gasteiger charge is -2.25. The molecule has 1 fully saturated rings. The van der Waals surface area contributed by atoms with E-state index in [2.05, 4.69) is 13.8 Å². The Morgan fingerprint density at radius 1 is 1.05 bits per heavy atom. The fourth-order valence-corrected chi connectivity index (χ4v) is 4.35. The van der Waals surface area contributed by atoms with Crippen LogP contribution in [-0.2, 0) is 16.1 Å². The summed E-state index contributed by atoms with van der Waals surface area (Å²) in [5, 5.41) is 11.3. The molecule has 0 spiro atoms. The molecule has 1 aromatic heterocycles. The van der Waals surface area contributed by atoms with Crippen LogP contribution in [0.15, 0.2) is 70.9 Å². The first-order valence-electron chi connectivity index (χ1n) is 12.7. The number of amides is 1. The van der Waals surface area contributed by atoms with E-state index >= 15 is 0 Å². The molecule has 1 N–H and O–H groups in total. The lowest BCUT2D eigenvalue weighted by Crippen LogP contribution is -2.29. The molecule has 200 valence electrons. The molecule has 0 saturated carbocycles. The van der Waals surface area contributed by atoms with Crippen molar-refractivity contribution in [3.05, 3.63) is 83.3 Å². The zero-order chi connectivity index (χ0) is 27.2. The molecule has 3 aromatic rings. The molecule has 8 heteroatoms. The highest BCUT2D eigenvalue weighted by Gasteiger charge is 2.46. The van der Waals surface area contributed by atoms with E-state index in [1.807, 2.05) is 6.92 Å². The van der Waals surface area contributed by atoms with Gasteiger partial charge in [-0.25, -0.2) is 0 Å². The van der Waals surface area contributed by atoms with Crippen molar-refractivity contribution in [2.75, 3.05) is 20.3 Å². The van der Waals surface area contributed by atoms with Gasteiger partial charge in [0, 0.05) is 5.56 Å². The van der Waals surface area contributed by atoms with Gasteiger partial charge in [-0.1, -0.05) is 19.9 Å². The van der Waals surface area contributed by atoms with Gasteiger partial charge >= 0.3 is 0 Å². The van der Waals surface area contributed by atoms with Crippen LogP contribution in [0, 0.1) is 5.92 Å². The fourth-order valence-electron chi connectivity index (χ4n) is 4.35. The van der Waals surface area contributed by atoms with Crippen LogP contribution in [0.2, 0.25) is 0 Å². The highest BCUT2D eigenvalue weighted by molar-refractivity contribution is 6.46. The molecule has 8 nitrogen and oxygen atoms in total. The van der Waals surface area contributed by atoms with E-state index in [0.717, 1.165) is 6.42 Å². The molecule has 1 amide bonds. The van der Waals surface area contributed by atoms with Gasteiger partial charge in [-0.15, -0.1) is 0 Å². The molecule has 1 saturated heterocycles. The molecule has 2 heterocycles. The molecule has 0 bridgehead atoms. The van der Waals surface area contributed by atoms with Crippen LogP contribution in [0.25, 0.3) is 5.76 Å². The number of hydrogen-bond acceptors (Lipinski definition) is 7. The summed E-state index contributed by atoms with van der Waals surface area (Å²) >= 11 is 0. The molecule has 4 rings (SSSR count). The van der Waals surface area contributed by atoms with Gasteiger partial charge < -0.3 is 28.6 Å². The van der Waals surface area contributed by atoms with Crippen LogP contribution >= 0.6 is 0 Å². The number of benzene rings is 2. The third kappa shape index (κ3) is 5.69. The minimum Gasteiger partial charge on any atom is -0.507 e. The van der Waals surface area contributed by atoms with Crippen molar-refractivity contribution in [1.82, 2.24) is 4.90 Å². The number of furan rings is 1. The van der Waals surface area contributed by atoms with Gasteiger partial charge in [-0.2, -0.15) is 0 Å². The molecule has 38 heavy (non-hydrogen) atoms. The van der Waals surface area contributed by atoms with Gasteiger partial charge in [-0.3, -0.25) is 9.59 Å². The van der Waals surface area contributed by atoms with Gasteiger partial charge in [0.1, 0.15) is 17.3 Å². The number of hydrogen-bond donors (Lipinski definition) is 1. The number of aliphatic hydroxyl groups is 1. The summed E-state index contributed by atoms with van der Waals surface area (Å²) in [4.78, 5) is 28.0. The Labute approximate surface area is 222 Å². The van der Waals surface area contributed by atoms with Crippen molar-refractivity contribution in [2.24, 2.45) is 5.92 Å². The highest BCUT2D eigenvalue weighted by atomic mass is 16.5. The predicted octanol–water partition coefficient (Wildman–Crippen LogP) is 5.73. The quantitative estimate of drug-likeness (QED) is 0.196. The van der Waals surface area contributed by atoms with Gasteiger partial charge in [0.2, 0.25) is 0 Å². The first-order chi connectivity index (χ1) is 18.3. The van der Waals surface area contributed by atoms with Gasteiger partial charge in [0.25, 0.3) is 11.7 Å². The maximum absolute atomic E-state index is 13.3. The summed E-state index contributed by atoms with van der Waals surface area (Å²) < 4.78 is 22.5. The van der Waals surface area contributed by atoms with E-state index in [-0.39, 0.29) is 17.9 Å². The zero-order valence-corrected chi connectivity index (χ0v) is 22.1. The van der Waals surface area contributed by atoms with Crippen molar-refractivity contribution >= 4 is 17.4 Å². The van der Waals surface area contributed by atoms with Crippen LogP contribution in [0.1, 0.15) is 50.1 Å². The maximum atomic E-state index is 13.3. The van der Waals surface area contributed by atoms with Crippen LogP contribution in [0.4, 0.5) is 0 Å². The van der Waals surface area contributed by atoms with Crippen LogP contribution in [0.5, 0.6) is 17.2 Å². The van der Waals surface area contributed by atoms with Crippen molar-refractivity contribution in [2.45, 2.75) is 39.8 Å². The standard InChI is InChI=1S/C30H33NO7/c1-5-36-25-17-21(10-13-24(25)38-16-14-19(2)3)27-26(28(32)20-8-11-22(35-4)12-9-20)29(33)30(34)31(27)18-23-7-6-15-37-23/h6-13,15,17,19,27,32H,5,14,16,18H2,1-4H3/b28-26+. The second-order valence-electron chi connectivity index (χ2n) is 9.41. The molecule has 0 radical (unpaired) electrons. The molecular formula is C30H33NO7.